The van der Waals surface area contributed by atoms with E-state index in [0.29, 0.717) is 18.6 Å². The van der Waals surface area contributed by atoms with Crippen molar-refractivity contribution in [1.82, 2.24) is 0 Å². The fourth-order valence-electron chi connectivity index (χ4n) is 1.25. The molecule has 0 aromatic heterocycles. The van der Waals surface area contributed by atoms with Gasteiger partial charge in [0.2, 0.25) is 0 Å². The quantitative estimate of drug-likeness (QED) is 0.770. The molecule has 0 radical (unpaired) electrons. The minimum absolute atomic E-state index is 0.227. The van der Waals surface area contributed by atoms with Crippen molar-refractivity contribution in [1.29, 1.82) is 0 Å². The van der Waals surface area contributed by atoms with Crippen molar-refractivity contribution in [2.24, 2.45) is 0 Å². The Bertz CT molecular complexity index is 295. The van der Waals surface area contributed by atoms with Gasteiger partial charge >= 0.3 is 0 Å². The van der Waals surface area contributed by atoms with E-state index < -0.39 is 0 Å². The zero-order valence-corrected chi connectivity index (χ0v) is 8.53. The maximum Gasteiger partial charge on any atom is 0.122 e. The first-order valence-electron chi connectivity index (χ1n) is 4.67. The summed E-state index contributed by atoms with van der Waals surface area (Å²) in [5, 5.41) is 18.7. The Morgan fingerprint density at radius 1 is 1.43 bits per heavy atom. The molecule has 0 aliphatic heterocycles. The normalized spacial score (nSPS) is 12.5. The summed E-state index contributed by atoms with van der Waals surface area (Å²) in [4.78, 5) is 0. The van der Waals surface area contributed by atoms with Gasteiger partial charge in [-0.25, -0.2) is 0 Å². The second kappa shape index (κ2) is 4.86. The first kappa shape index (κ1) is 10.9. The number of aryl methyl sites for hydroxylation is 1. The lowest BCUT2D eigenvalue weighted by atomic mass is 10.1. The molecule has 3 heteroatoms. The molecular weight excluding hydrogens is 180 g/mol. The zero-order valence-electron chi connectivity index (χ0n) is 8.53. The van der Waals surface area contributed by atoms with E-state index in [1.165, 1.54) is 0 Å². The van der Waals surface area contributed by atoms with Crippen LogP contribution in [0.15, 0.2) is 18.2 Å². The average Bonchev–Trinajstić information content (AvgIpc) is 2.15. The summed E-state index contributed by atoms with van der Waals surface area (Å²) >= 11 is 0. The predicted molar refractivity (Wildman–Crippen MR) is 54.7 cm³/mol. The van der Waals surface area contributed by atoms with Crippen LogP contribution in [0.2, 0.25) is 0 Å². The van der Waals surface area contributed by atoms with E-state index in [1.54, 1.807) is 26.2 Å². The van der Waals surface area contributed by atoms with E-state index in [9.17, 15) is 5.11 Å². The third-order valence-corrected chi connectivity index (χ3v) is 2.12. The average molecular weight is 196 g/mol. The summed E-state index contributed by atoms with van der Waals surface area (Å²) in [6.45, 7) is 1.74. The minimum Gasteiger partial charge on any atom is -0.508 e. The van der Waals surface area contributed by atoms with Gasteiger partial charge in [0, 0.05) is 6.07 Å². The molecule has 0 aliphatic rings. The molecule has 0 saturated heterocycles. The molecule has 1 rings (SSSR count). The van der Waals surface area contributed by atoms with Crippen molar-refractivity contribution >= 4 is 0 Å². The highest BCUT2D eigenvalue weighted by atomic mass is 16.5. The van der Waals surface area contributed by atoms with Gasteiger partial charge in [-0.2, -0.15) is 0 Å². The van der Waals surface area contributed by atoms with E-state index in [-0.39, 0.29) is 11.9 Å². The maximum absolute atomic E-state index is 9.57. The molecule has 3 nitrogen and oxygen atoms in total. The molecule has 0 spiro atoms. The Hall–Kier alpha value is -1.22. The second-order valence-electron chi connectivity index (χ2n) is 3.38. The lowest BCUT2D eigenvalue weighted by molar-refractivity contribution is 0.184. The number of ether oxygens (including phenoxy) is 1. The number of aliphatic hydroxyl groups is 1. The van der Waals surface area contributed by atoms with E-state index in [4.69, 9.17) is 9.84 Å². The van der Waals surface area contributed by atoms with Crippen molar-refractivity contribution < 1.29 is 14.9 Å². The molecular formula is C11H16O3. The smallest absolute Gasteiger partial charge is 0.122 e. The lowest BCUT2D eigenvalue weighted by Crippen LogP contribution is -2.01. The molecule has 0 fully saturated rings. The second-order valence-corrected chi connectivity index (χ2v) is 3.38. The Kier molecular flexibility index (Phi) is 3.77. The highest BCUT2D eigenvalue weighted by molar-refractivity contribution is 5.39. The number of hydrogen-bond donors (Lipinski definition) is 2. The van der Waals surface area contributed by atoms with Crippen LogP contribution in [0.5, 0.6) is 11.5 Å². The fraction of sp³-hybridized carbons (Fsp3) is 0.455. The number of phenolic OH excluding ortho intramolecular Hbond substituents is 1. The molecule has 0 unspecified atom stereocenters. The molecule has 1 atom stereocenters. The van der Waals surface area contributed by atoms with Crippen LogP contribution < -0.4 is 4.74 Å². The number of methoxy groups -OCH3 is 1. The van der Waals surface area contributed by atoms with Gasteiger partial charge in [0.15, 0.2) is 0 Å². The van der Waals surface area contributed by atoms with E-state index in [2.05, 4.69) is 0 Å². The highest BCUT2D eigenvalue weighted by Gasteiger charge is 2.04. The van der Waals surface area contributed by atoms with Crippen LogP contribution in [0, 0.1) is 0 Å². The van der Waals surface area contributed by atoms with Crippen molar-refractivity contribution in [3.63, 3.8) is 0 Å². The monoisotopic (exact) mass is 196 g/mol. The van der Waals surface area contributed by atoms with Gasteiger partial charge in [0.25, 0.3) is 0 Å². The van der Waals surface area contributed by atoms with Crippen LogP contribution in [0.25, 0.3) is 0 Å². The molecule has 0 amide bonds. The predicted octanol–water partition coefficient (Wildman–Crippen LogP) is 1.71. The van der Waals surface area contributed by atoms with Crippen LogP contribution in [-0.4, -0.2) is 23.4 Å². The van der Waals surface area contributed by atoms with Gasteiger partial charge in [-0.1, -0.05) is 6.07 Å². The number of hydrogen-bond acceptors (Lipinski definition) is 3. The lowest BCUT2D eigenvalue weighted by Gasteiger charge is -2.07. The number of rotatable bonds is 4. The van der Waals surface area contributed by atoms with Crippen molar-refractivity contribution in [2.75, 3.05) is 7.11 Å². The first-order valence-corrected chi connectivity index (χ1v) is 4.67. The Labute approximate surface area is 84.0 Å². The van der Waals surface area contributed by atoms with Gasteiger partial charge in [0.05, 0.1) is 13.2 Å². The van der Waals surface area contributed by atoms with E-state index >= 15 is 0 Å². The molecule has 1 aromatic carbocycles. The molecule has 0 aliphatic carbocycles. The highest BCUT2D eigenvalue weighted by Crippen LogP contribution is 2.24. The summed E-state index contributed by atoms with van der Waals surface area (Å²) in [6, 6.07) is 5.20. The molecule has 1 aromatic rings. The molecule has 0 saturated carbocycles. The number of aliphatic hydroxyl groups excluding tert-OH is 1. The van der Waals surface area contributed by atoms with E-state index in [0.717, 1.165) is 5.56 Å². The topological polar surface area (TPSA) is 49.7 Å². The first-order chi connectivity index (χ1) is 6.63. The molecule has 14 heavy (non-hydrogen) atoms. The number of phenols is 1. The van der Waals surface area contributed by atoms with Gasteiger partial charge < -0.3 is 14.9 Å². The number of benzene rings is 1. The van der Waals surface area contributed by atoms with Crippen molar-refractivity contribution in [2.45, 2.75) is 25.9 Å². The van der Waals surface area contributed by atoms with Crippen LogP contribution in [0.4, 0.5) is 0 Å². The van der Waals surface area contributed by atoms with Crippen LogP contribution in [-0.2, 0) is 6.42 Å². The maximum atomic E-state index is 9.57. The standard InChI is InChI=1S/C11H16O3/c1-8(12)3-4-9-5-6-10(14-2)7-11(9)13/h5-8,12-13H,3-4H2,1-2H3/t8-/m0/s1. The summed E-state index contributed by atoms with van der Waals surface area (Å²) in [6.07, 6.45) is 0.990. The van der Waals surface area contributed by atoms with E-state index in [1.807, 2.05) is 6.07 Å². The molecule has 2 N–H and O–H groups in total. The SMILES string of the molecule is COc1ccc(CC[C@H](C)O)c(O)c1. The molecule has 0 bridgehead atoms. The Morgan fingerprint density at radius 3 is 2.64 bits per heavy atom. The van der Waals surface area contributed by atoms with Crippen LogP contribution in [0.1, 0.15) is 18.9 Å². The number of aromatic hydroxyl groups is 1. The zero-order chi connectivity index (χ0) is 10.6. The minimum atomic E-state index is -0.337. The Balaban J connectivity index is 2.69. The summed E-state index contributed by atoms with van der Waals surface area (Å²) in [7, 11) is 1.56. The Morgan fingerprint density at radius 2 is 2.14 bits per heavy atom. The van der Waals surface area contributed by atoms with Gasteiger partial charge in [-0.15, -0.1) is 0 Å². The summed E-state index contributed by atoms with van der Waals surface area (Å²) < 4.78 is 4.97. The third kappa shape index (κ3) is 2.92. The van der Waals surface area contributed by atoms with Gasteiger partial charge in [-0.3, -0.25) is 0 Å². The largest absolute Gasteiger partial charge is 0.508 e. The fourth-order valence-corrected chi connectivity index (χ4v) is 1.25. The van der Waals surface area contributed by atoms with Crippen molar-refractivity contribution in [3.05, 3.63) is 23.8 Å². The summed E-state index contributed by atoms with van der Waals surface area (Å²) in [5.74, 6) is 0.869. The van der Waals surface area contributed by atoms with Crippen molar-refractivity contribution in [3.8, 4) is 11.5 Å². The van der Waals surface area contributed by atoms with Gasteiger partial charge in [-0.05, 0) is 31.4 Å². The molecule has 78 valence electrons. The third-order valence-electron chi connectivity index (χ3n) is 2.12. The van der Waals surface area contributed by atoms with Crippen LogP contribution >= 0.6 is 0 Å². The van der Waals surface area contributed by atoms with Crippen LogP contribution in [0.3, 0.4) is 0 Å². The van der Waals surface area contributed by atoms with Gasteiger partial charge in [0.1, 0.15) is 11.5 Å². The summed E-state index contributed by atoms with van der Waals surface area (Å²) in [5.41, 5.74) is 0.840. The molecule has 0 heterocycles.